The van der Waals surface area contributed by atoms with Crippen LogP contribution in [0.1, 0.15) is 108 Å². The van der Waals surface area contributed by atoms with Crippen LogP contribution < -0.4 is 16.2 Å². The van der Waals surface area contributed by atoms with Gasteiger partial charge in [-0.3, -0.25) is 9.79 Å². The highest BCUT2D eigenvalue weighted by Crippen LogP contribution is 2.44. The fraction of sp³-hybridized carbons (Fsp3) is 0.688. The Kier molecular flexibility index (Phi) is 15.0. The number of methoxy groups -OCH3 is 1. The summed E-state index contributed by atoms with van der Waals surface area (Å²) in [5.41, 5.74) is 13.0. The third kappa shape index (κ3) is 12.0. The molecule has 39 heavy (non-hydrogen) atoms. The molecule has 1 aromatic rings. The van der Waals surface area contributed by atoms with Gasteiger partial charge in [0.05, 0.1) is 6.10 Å². The van der Waals surface area contributed by atoms with Gasteiger partial charge in [-0.15, -0.1) is 0 Å². The van der Waals surface area contributed by atoms with E-state index in [-0.39, 0.29) is 35.4 Å². The molecule has 1 fully saturated rings. The van der Waals surface area contributed by atoms with Crippen molar-refractivity contribution in [1.29, 1.82) is 0 Å². The molecule has 0 unspecified atom stereocenters. The van der Waals surface area contributed by atoms with Crippen molar-refractivity contribution in [3.8, 4) is 11.5 Å². The SMILES string of the molecule is CCC/C=C/C(=O)CCc1cc(OC2CCCC2)c(O)c([C@H](CCC(C)C)[C@H](CCCN=C(N)N)COC)c1. The summed E-state index contributed by atoms with van der Waals surface area (Å²) < 4.78 is 12.1. The number of hydrogen-bond acceptors (Lipinski definition) is 5. The number of unbranched alkanes of at least 4 members (excludes halogenated alkanes) is 1. The summed E-state index contributed by atoms with van der Waals surface area (Å²) in [6.07, 6.45) is 14.7. The predicted octanol–water partition coefficient (Wildman–Crippen LogP) is 6.41. The molecule has 0 heterocycles. The summed E-state index contributed by atoms with van der Waals surface area (Å²) in [5, 5.41) is 11.6. The molecular formula is C32H53N3O4. The van der Waals surface area contributed by atoms with Crippen LogP contribution in [0.3, 0.4) is 0 Å². The molecule has 1 aliphatic carbocycles. The smallest absolute Gasteiger partial charge is 0.185 e. The molecule has 2 rings (SSSR count). The number of aromatic hydroxyl groups is 1. The van der Waals surface area contributed by atoms with E-state index in [1.54, 1.807) is 13.2 Å². The number of nitrogens with zero attached hydrogens (tertiary/aromatic N) is 1. The van der Waals surface area contributed by atoms with E-state index < -0.39 is 0 Å². The highest BCUT2D eigenvalue weighted by Gasteiger charge is 2.29. The van der Waals surface area contributed by atoms with Gasteiger partial charge in [0.25, 0.3) is 0 Å². The van der Waals surface area contributed by atoms with Gasteiger partial charge in [0.15, 0.2) is 23.2 Å². The van der Waals surface area contributed by atoms with Gasteiger partial charge < -0.3 is 26.0 Å². The number of phenols is 1. The van der Waals surface area contributed by atoms with Crippen LogP contribution in [0.25, 0.3) is 0 Å². The topological polar surface area (TPSA) is 120 Å². The first-order valence-corrected chi connectivity index (χ1v) is 15.0. The molecule has 7 heteroatoms. The summed E-state index contributed by atoms with van der Waals surface area (Å²) in [6, 6.07) is 4.05. The molecule has 7 nitrogen and oxygen atoms in total. The van der Waals surface area contributed by atoms with Crippen LogP contribution in [-0.4, -0.2) is 43.2 Å². The van der Waals surface area contributed by atoms with Gasteiger partial charge in [0.1, 0.15) is 0 Å². The molecule has 220 valence electrons. The molecule has 1 aromatic carbocycles. The molecular weight excluding hydrogens is 490 g/mol. The van der Waals surface area contributed by atoms with E-state index in [0.717, 1.165) is 75.3 Å². The van der Waals surface area contributed by atoms with Crippen molar-refractivity contribution >= 4 is 11.7 Å². The minimum Gasteiger partial charge on any atom is -0.504 e. The van der Waals surface area contributed by atoms with Gasteiger partial charge in [-0.2, -0.15) is 0 Å². The standard InChI is InChI=1S/C32H53N3O4/c1-5-6-7-12-26(36)17-16-24-20-29(31(37)30(21-24)39-27-13-8-9-14-27)28(18-15-23(2)3)25(22-38-4)11-10-19-35-32(33)34/h7,12,20-21,23,25,27-28,37H,5-6,8-11,13-19,22H2,1-4H3,(H4,33,34,35)/b12-7+/t25-,28-/m1/s1. The fourth-order valence-electron chi connectivity index (χ4n) is 5.46. The number of ketones is 1. The van der Waals surface area contributed by atoms with Crippen molar-refractivity contribution in [2.75, 3.05) is 20.3 Å². The zero-order valence-electron chi connectivity index (χ0n) is 24.8. The normalized spacial score (nSPS) is 15.6. The Bertz CT molecular complexity index is 918. The molecule has 0 bridgehead atoms. The van der Waals surface area contributed by atoms with Crippen molar-refractivity contribution in [3.05, 3.63) is 35.4 Å². The number of carbonyl (C=O) groups is 1. The van der Waals surface area contributed by atoms with Gasteiger partial charge in [-0.05, 0) is 93.2 Å². The average molecular weight is 544 g/mol. The summed E-state index contributed by atoms with van der Waals surface area (Å²) in [4.78, 5) is 16.7. The molecule has 0 saturated heterocycles. The number of rotatable bonds is 19. The zero-order chi connectivity index (χ0) is 28.6. The van der Waals surface area contributed by atoms with Crippen LogP contribution in [0, 0.1) is 11.8 Å². The minimum absolute atomic E-state index is 0.0811. The monoisotopic (exact) mass is 543 g/mol. The van der Waals surface area contributed by atoms with Crippen molar-refractivity contribution in [3.63, 3.8) is 0 Å². The third-order valence-electron chi connectivity index (χ3n) is 7.61. The summed E-state index contributed by atoms with van der Waals surface area (Å²) in [7, 11) is 1.73. The molecule has 0 radical (unpaired) electrons. The minimum atomic E-state index is 0.0811. The lowest BCUT2D eigenvalue weighted by molar-refractivity contribution is -0.114. The number of phenolic OH excluding ortho intramolecular Hbond substituents is 1. The maximum absolute atomic E-state index is 12.5. The molecule has 2 atom stereocenters. The second kappa shape index (κ2) is 17.9. The Labute approximate surface area is 236 Å². The molecule has 1 aliphatic rings. The van der Waals surface area contributed by atoms with E-state index in [1.165, 1.54) is 0 Å². The lowest BCUT2D eigenvalue weighted by Crippen LogP contribution is -2.23. The molecule has 5 N–H and O–H groups in total. The van der Waals surface area contributed by atoms with Crippen molar-refractivity contribution < 1.29 is 19.4 Å². The Morgan fingerprint density at radius 2 is 1.92 bits per heavy atom. The maximum Gasteiger partial charge on any atom is 0.185 e. The van der Waals surface area contributed by atoms with Gasteiger partial charge >= 0.3 is 0 Å². The van der Waals surface area contributed by atoms with Crippen LogP contribution in [0.2, 0.25) is 0 Å². The molecule has 0 aromatic heterocycles. The second-order valence-electron chi connectivity index (χ2n) is 11.5. The third-order valence-corrected chi connectivity index (χ3v) is 7.61. The van der Waals surface area contributed by atoms with Crippen LogP contribution in [0.4, 0.5) is 0 Å². The number of carbonyl (C=O) groups excluding carboxylic acids is 1. The van der Waals surface area contributed by atoms with Gasteiger partial charge in [0, 0.05) is 32.2 Å². The van der Waals surface area contributed by atoms with Crippen LogP contribution in [0.15, 0.2) is 29.3 Å². The van der Waals surface area contributed by atoms with E-state index in [0.29, 0.717) is 37.7 Å². The van der Waals surface area contributed by atoms with Crippen LogP contribution in [0.5, 0.6) is 11.5 Å². The fourth-order valence-corrected chi connectivity index (χ4v) is 5.46. The summed E-state index contributed by atoms with van der Waals surface area (Å²) in [5.74, 6) is 1.81. The van der Waals surface area contributed by atoms with Gasteiger partial charge in [-0.25, -0.2) is 0 Å². The lowest BCUT2D eigenvalue weighted by Gasteiger charge is -2.30. The van der Waals surface area contributed by atoms with Gasteiger partial charge in [0.2, 0.25) is 0 Å². The number of ether oxygens (including phenoxy) is 2. The van der Waals surface area contributed by atoms with E-state index in [2.05, 4.69) is 31.8 Å². The van der Waals surface area contributed by atoms with E-state index in [9.17, 15) is 9.90 Å². The summed E-state index contributed by atoms with van der Waals surface area (Å²) >= 11 is 0. The van der Waals surface area contributed by atoms with E-state index >= 15 is 0 Å². The van der Waals surface area contributed by atoms with Crippen LogP contribution >= 0.6 is 0 Å². The average Bonchev–Trinajstić information content (AvgIpc) is 3.40. The van der Waals surface area contributed by atoms with Crippen molar-refractivity contribution in [1.82, 2.24) is 0 Å². The van der Waals surface area contributed by atoms with Crippen molar-refractivity contribution in [2.45, 2.75) is 110 Å². The predicted molar refractivity (Wildman–Crippen MR) is 160 cm³/mol. The number of aryl methyl sites for hydroxylation is 1. The highest BCUT2D eigenvalue weighted by molar-refractivity contribution is 5.89. The number of hydrogen-bond donors (Lipinski definition) is 3. The Balaban J connectivity index is 2.41. The summed E-state index contributed by atoms with van der Waals surface area (Å²) in [6.45, 7) is 7.70. The van der Waals surface area contributed by atoms with Gasteiger partial charge in [-0.1, -0.05) is 45.8 Å². The number of benzene rings is 1. The van der Waals surface area contributed by atoms with Crippen molar-refractivity contribution in [2.24, 2.45) is 28.3 Å². The van der Waals surface area contributed by atoms with Crippen LogP contribution in [-0.2, 0) is 16.0 Å². The Morgan fingerprint density at radius 3 is 2.56 bits per heavy atom. The Morgan fingerprint density at radius 1 is 1.18 bits per heavy atom. The zero-order valence-corrected chi connectivity index (χ0v) is 24.8. The number of allylic oxidation sites excluding steroid dienone is 2. The molecule has 0 amide bonds. The molecule has 0 spiro atoms. The largest absolute Gasteiger partial charge is 0.504 e. The Hall–Kier alpha value is -2.54. The lowest BCUT2D eigenvalue weighted by atomic mass is 9.78. The number of guanidine groups is 1. The molecule has 1 saturated carbocycles. The first-order chi connectivity index (χ1) is 18.7. The second-order valence-corrected chi connectivity index (χ2v) is 11.5. The number of aliphatic imine (C=N–C) groups is 1. The molecule has 0 aliphatic heterocycles. The first-order valence-electron chi connectivity index (χ1n) is 15.0. The quantitative estimate of drug-likeness (QED) is 0.0803. The van der Waals surface area contributed by atoms with E-state index in [4.69, 9.17) is 20.9 Å². The first kappa shape index (κ1) is 32.7. The maximum atomic E-state index is 12.5. The highest BCUT2D eigenvalue weighted by atomic mass is 16.5. The van der Waals surface area contributed by atoms with E-state index in [1.807, 2.05) is 12.1 Å². The number of nitrogens with two attached hydrogens (primary N) is 2.